The predicted molar refractivity (Wildman–Crippen MR) is 82.6 cm³/mol. The van der Waals surface area contributed by atoms with Gasteiger partial charge in [-0.2, -0.15) is 0 Å². The molecule has 106 valence electrons. The van der Waals surface area contributed by atoms with E-state index in [0.29, 0.717) is 13.0 Å². The summed E-state index contributed by atoms with van der Waals surface area (Å²) >= 11 is 3.40. The van der Waals surface area contributed by atoms with Crippen LogP contribution in [0.1, 0.15) is 44.1 Å². The summed E-state index contributed by atoms with van der Waals surface area (Å²) in [4.78, 5) is 11.5. The van der Waals surface area contributed by atoms with Crippen molar-refractivity contribution in [3.05, 3.63) is 35.9 Å². The smallest absolute Gasteiger partial charge is 0.305 e. The number of esters is 1. The number of carbonyl (C=O) groups excluding carboxylic acids is 1. The lowest BCUT2D eigenvalue weighted by atomic mass is 10.1. The standard InChI is InChI=1S/C16H23BrO2/c17-13-6-1-2-7-14-19-16(18)12-8-11-15-9-4-3-5-10-15/h3-5,9-10H,1-2,6-8,11-14H2. The van der Waals surface area contributed by atoms with Crippen molar-refractivity contribution in [3.63, 3.8) is 0 Å². The number of ether oxygens (including phenoxy) is 1. The van der Waals surface area contributed by atoms with Crippen LogP contribution in [0.4, 0.5) is 0 Å². The fraction of sp³-hybridized carbons (Fsp3) is 0.562. The number of hydrogen-bond acceptors (Lipinski definition) is 2. The average Bonchev–Trinajstić information content (AvgIpc) is 2.44. The van der Waals surface area contributed by atoms with Crippen LogP contribution >= 0.6 is 15.9 Å². The Kier molecular flexibility index (Phi) is 9.42. The van der Waals surface area contributed by atoms with Crippen LogP contribution in [0.3, 0.4) is 0 Å². The number of hydrogen-bond donors (Lipinski definition) is 0. The van der Waals surface area contributed by atoms with Gasteiger partial charge in [-0.25, -0.2) is 0 Å². The lowest BCUT2D eigenvalue weighted by Crippen LogP contribution is -2.06. The minimum absolute atomic E-state index is 0.0589. The van der Waals surface area contributed by atoms with E-state index in [1.165, 1.54) is 18.4 Å². The van der Waals surface area contributed by atoms with Crippen molar-refractivity contribution in [1.82, 2.24) is 0 Å². The maximum Gasteiger partial charge on any atom is 0.305 e. The van der Waals surface area contributed by atoms with Gasteiger partial charge in [-0.05, 0) is 31.2 Å². The number of aryl methyl sites for hydroxylation is 1. The van der Waals surface area contributed by atoms with Crippen molar-refractivity contribution in [3.8, 4) is 0 Å². The summed E-state index contributed by atoms with van der Waals surface area (Å²) in [6.45, 7) is 0.576. The molecular formula is C16H23BrO2. The first kappa shape index (κ1) is 16.2. The fourth-order valence-corrected chi connectivity index (χ4v) is 2.29. The highest BCUT2D eigenvalue weighted by atomic mass is 79.9. The second-order valence-corrected chi connectivity index (χ2v) is 5.46. The zero-order chi connectivity index (χ0) is 13.8. The molecule has 0 saturated heterocycles. The molecule has 0 aromatic heterocycles. The van der Waals surface area contributed by atoms with E-state index in [1.807, 2.05) is 18.2 Å². The maximum atomic E-state index is 11.5. The van der Waals surface area contributed by atoms with Crippen molar-refractivity contribution in [2.75, 3.05) is 11.9 Å². The molecule has 0 spiro atoms. The third-order valence-electron chi connectivity index (χ3n) is 2.98. The highest BCUT2D eigenvalue weighted by molar-refractivity contribution is 9.09. The first-order valence-electron chi connectivity index (χ1n) is 7.08. The maximum absolute atomic E-state index is 11.5. The van der Waals surface area contributed by atoms with Gasteiger partial charge in [0.1, 0.15) is 0 Å². The van der Waals surface area contributed by atoms with Crippen molar-refractivity contribution < 1.29 is 9.53 Å². The topological polar surface area (TPSA) is 26.3 Å². The van der Waals surface area contributed by atoms with Crippen LogP contribution in [-0.2, 0) is 16.0 Å². The zero-order valence-electron chi connectivity index (χ0n) is 11.4. The molecule has 0 heterocycles. The minimum atomic E-state index is -0.0589. The van der Waals surface area contributed by atoms with E-state index in [-0.39, 0.29) is 5.97 Å². The molecule has 0 saturated carbocycles. The number of carbonyl (C=O) groups is 1. The predicted octanol–water partition coefficient (Wildman–Crippen LogP) is 4.51. The lowest BCUT2D eigenvalue weighted by Gasteiger charge is -2.05. The molecule has 1 aromatic rings. The number of unbranched alkanes of at least 4 members (excludes halogenated alkanes) is 3. The van der Waals surface area contributed by atoms with Crippen LogP contribution in [0.25, 0.3) is 0 Å². The summed E-state index contributed by atoms with van der Waals surface area (Å²) in [5.74, 6) is -0.0589. The van der Waals surface area contributed by atoms with Gasteiger partial charge >= 0.3 is 5.97 Å². The van der Waals surface area contributed by atoms with E-state index in [1.54, 1.807) is 0 Å². The fourth-order valence-electron chi connectivity index (χ4n) is 1.89. The summed E-state index contributed by atoms with van der Waals surface area (Å²) in [6, 6.07) is 10.2. The minimum Gasteiger partial charge on any atom is -0.466 e. The Labute approximate surface area is 124 Å². The highest BCUT2D eigenvalue weighted by Gasteiger charge is 2.02. The quantitative estimate of drug-likeness (QED) is 0.359. The molecule has 0 aliphatic heterocycles. The molecule has 0 amide bonds. The molecule has 0 radical (unpaired) electrons. The highest BCUT2D eigenvalue weighted by Crippen LogP contribution is 2.06. The van der Waals surface area contributed by atoms with E-state index >= 15 is 0 Å². The molecule has 0 unspecified atom stereocenters. The van der Waals surface area contributed by atoms with Gasteiger partial charge in [0, 0.05) is 11.8 Å². The third-order valence-corrected chi connectivity index (χ3v) is 3.54. The Morgan fingerprint density at radius 2 is 1.74 bits per heavy atom. The Hall–Kier alpha value is -0.830. The van der Waals surface area contributed by atoms with Crippen LogP contribution in [0.5, 0.6) is 0 Å². The van der Waals surface area contributed by atoms with E-state index in [0.717, 1.165) is 31.0 Å². The summed E-state index contributed by atoms with van der Waals surface area (Å²) in [7, 11) is 0. The van der Waals surface area contributed by atoms with Gasteiger partial charge in [0.25, 0.3) is 0 Å². The van der Waals surface area contributed by atoms with Crippen molar-refractivity contribution in [2.45, 2.75) is 44.9 Å². The number of halogens is 1. The van der Waals surface area contributed by atoms with E-state index in [4.69, 9.17) is 4.74 Å². The average molecular weight is 327 g/mol. The molecule has 1 rings (SSSR count). The summed E-state index contributed by atoms with van der Waals surface area (Å²) in [5.41, 5.74) is 1.28. The Balaban J connectivity index is 1.96. The van der Waals surface area contributed by atoms with Gasteiger partial charge in [0.05, 0.1) is 6.61 Å². The molecule has 0 atom stereocenters. The monoisotopic (exact) mass is 326 g/mol. The second-order valence-electron chi connectivity index (χ2n) is 4.66. The normalized spacial score (nSPS) is 10.4. The molecule has 3 heteroatoms. The molecule has 1 aromatic carbocycles. The Morgan fingerprint density at radius 1 is 1.00 bits per heavy atom. The van der Waals surface area contributed by atoms with Crippen LogP contribution in [0, 0.1) is 0 Å². The van der Waals surface area contributed by atoms with Crippen LogP contribution in [0.15, 0.2) is 30.3 Å². The third kappa shape index (κ3) is 8.82. The number of alkyl halides is 1. The summed E-state index contributed by atoms with van der Waals surface area (Å²) in [6.07, 6.45) is 6.87. The molecule has 0 aliphatic carbocycles. The summed E-state index contributed by atoms with van der Waals surface area (Å²) < 4.78 is 5.21. The number of rotatable bonds is 10. The second kappa shape index (κ2) is 11.0. The van der Waals surface area contributed by atoms with Crippen molar-refractivity contribution >= 4 is 21.9 Å². The van der Waals surface area contributed by atoms with E-state index < -0.39 is 0 Å². The van der Waals surface area contributed by atoms with Gasteiger partial charge in [0.15, 0.2) is 0 Å². The Bertz CT molecular complexity index is 338. The van der Waals surface area contributed by atoms with Crippen LogP contribution in [-0.4, -0.2) is 17.9 Å². The van der Waals surface area contributed by atoms with E-state index in [2.05, 4.69) is 28.1 Å². The molecular weight excluding hydrogens is 304 g/mol. The van der Waals surface area contributed by atoms with Gasteiger partial charge < -0.3 is 4.74 Å². The number of benzene rings is 1. The van der Waals surface area contributed by atoms with Crippen molar-refractivity contribution in [1.29, 1.82) is 0 Å². The summed E-state index contributed by atoms with van der Waals surface area (Å²) in [5, 5.41) is 1.06. The Morgan fingerprint density at radius 3 is 2.47 bits per heavy atom. The van der Waals surface area contributed by atoms with Crippen molar-refractivity contribution in [2.24, 2.45) is 0 Å². The van der Waals surface area contributed by atoms with Crippen LogP contribution in [0.2, 0.25) is 0 Å². The first-order valence-corrected chi connectivity index (χ1v) is 8.20. The van der Waals surface area contributed by atoms with Gasteiger partial charge in [-0.1, -0.05) is 59.1 Å². The molecule has 0 aliphatic rings. The molecule has 19 heavy (non-hydrogen) atoms. The largest absolute Gasteiger partial charge is 0.466 e. The molecule has 0 fully saturated rings. The van der Waals surface area contributed by atoms with E-state index in [9.17, 15) is 4.79 Å². The van der Waals surface area contributed by atoms with Gasteiger partial charge in [0.2, 0.25) is 0 Å². The molecule has 2 nitrogen and oxygen atoms in total. The van der Waals surface area contributed by atoms with Gasteiger partial charge in [-0.3, -0.25) is 4.79 Å². The molecule has 0 bridgehead atoms. The molecule has 0 N–H and O–H groups in total. The van der Waals surface area contributed by atoms with Gasteiger partial charge in [-0.15, -0.1) is 0 Å². The lowest BCUT2D eigenvalue weighted by molar-refractivity contribution is -0.143. The van der Waals surface area contributed by atoms with Crippen LogP contribution < -0.4 is 0 Å². The zero-order valence-corrected chi connectivity index (χ0v) is 13.0. The SMILES string of the molecule is O=C(CCCc1ccccc1)OCCCCCCBr. The first-order chi connectivity index (χ1) is 9.33.